The maximum absolute atomic E-state index is 10.9. The molecule has 94 valence electrons. The minimum Gasteiger partial charge on any atom is -0.491 e. The molecule has 1 aromatic carbocycles. The van der Waals surface area contributed by atoms with Gasteiger partial charge in [0.05, 0.1) is 19.4 Å². The van der Waals surface area contributed by atoms with Crippen molar-refractivity contribution in [1.29, 1.82) is 0 Å². The number of nitrogens with two attached hydrogens (primary N) is 1. The minimum atomic E-state index is -0.220. The van der Waals surface area contributed by atoms with Crippen LogP contribution in [0.4, 0.5) is 5.69 Å². The molecular weight excluding hydrogens is 218 g/mol. The van der Waals surface area contributed by atoms with E-state index in [0.717, 1.165) is 6.42 Å². The zero-order valence-electron chi connectivity index (χ0n) is 10.4. The van der Waals surface area contributed by atoms with Crippen LogP contribution in [0, 0.1) is 0 Å². The van der Waals surface area contributed by atoms with Crippen LogP contribution in [0.2, 0.25) is 0 Å². The van der Waals surface area contributed by atoms with Crippen molar-refractivity contribution in [3.63, 3.8) is 0 Å². The maximum Gasteiger partial charge on any atom is 0.305 e. The summed E-state index contributed by atoms with van der Waals surface area (Å²) in [5.41, 5.74) is 7.67. The van der Waals surface area contributed by atoms with E-state index in [2.05, 4.69) is 11.7 Å². The lowest BCUT2D eigenvalue weighted by Gasteiger charge is -2.09. The summed E-state index contributed by atoms with van der Waals surface area (Å²) in [6, 6.07) is 5.77. The zero-order valence-corrected chi connectivity index (χ0v) is 10.4. The fourth-order valence-electron chi connectivity index (χ4n) is 1.45. The molecule has 0 aromatic heterocycles. The highest BCUT2D eigenvalue weighted by Gasteiger charge is 2.03. The highest BCUT2D eigenvalue weighted by molar-refractivity contribution is 5.69. The molecule has 0 amide bonds. The van der Waals surface area contributed by atoms with Crippen molar-refractivity contribution in [3.05, 3.63) is 23.8 Å². The average molecular weight is 237 g/mol. The van der Waals surface area contributed by atoms with Gasteiger partial charge in [0.15, 0.2) is 0 Å². The van der Waals surface area contributed by atoms with Crippen LogP contribution in [0.3, 0.4) is 0 Å². The molecule has 0 heterocycles. The first-order valence-electron chi connectivity index (χ1n) is 5.75. The summed E-state index contributed by atoms with van der Waals surface area (Å²) in [4.78, 5) is 10.9. The average Bonchev–Trinajstić information content (AvgIpc) is 2.35. The molecule has 0 saturated heterocycles. The second-order valence-corrected chi connectivity index (χ2v) is 3.75. The van der Waals surface area contributed by atoms with Crippen LogP contribution in [-0.4, -0.2) is 19.7 Å². The third kappa shape index (κ3) is 4.34. The number of carbonyl (C=O) groups is 1. The Morgan fingerprint density at radius 3 is 2.76 bits per heavy atom. The highest BCUT2D eigenvalue weighted by atomic mass is 16.5. The van der Waals surface area contributed by atoms with Gasteiger partial charge in [-0.15, -0.1) is 0 Å². The Balaban J connectivity index is 2.39. The van der Waals surface area contributed by atoms with E-state index in [0.29, 0.717) is 30.9 Å². The van der Waals surface area contributed by atoms with Crippen molar-refractivity contribution in [2.75, 3.05) is 19.5 Å². The number of anilines is 1. The van der Waals surface area contributed by atoms with Crippen molar-refractivity contribution in [1.82, 2.24) is 0 Å². The van der Waals surface area contributed by atoms with Crippen LogP contribution < -0.4 is 10.5 Å². The van der Waals surface area contributed by atoms with E-state index in [9.17, 15) is 4.79 Å². The number of carbonyl (C=O) groups excluding carboxylic acids is 1. The first kappa shape index (κ1) is 13.4. The zero-order chi connectivity index (χ0) is 12.7. The molecule has 2 N–H and O–H groups in total. The van der Waals surface area contributed by atoms with Crippen molar-refractivity contribution < 1.29 is 14.3 Å². The number of esters is 1. The summed E-state index contributed by atoms with van der Waals surface area (Å²) >= 11 is 0. The predicted molar refractivity (Wildman–Crippen MR) is 67.0 cm³/mol. The number of ether oxygens (including phenoxy) is 2. The van der Waals surface area contributed by atoms with Gasteiger partial charge in [0.2, 0.25) is 0 Å². The fourth-order valence-corrected chi connectivity index (χ4v) is 1.45. The second kappa shape index (κ2) is 6.78. The van der Waals surface area contributed by atoms with Crippen LogP contribution in [-0.2, 0) is 16.0 Å². The molecule has 0 aliphatic carbocycles. The first-order chi connectivity index (χ1) is 8.17. The second-order valence-electron chi connectivity index (χ2n) is 3.75. The Bertz CT molecular complexity index is 377. The smallest absolute Gasteiger partial charge is 0.305 e. The van der Waals surface area contributed by atoms with E-state index < -0.39 is 0 Å². The quantitative estimate of drug-likeness (QED) is 0.468. The SMILES string of the molecule is CCc1ccc(OCCCC(=O)OC)c(N)c1. The number of benzene rings is 1. The van der Waals surface area contributed by atoms with Gasteiger partial charge in [-0.2, -0.15) is 0 Å². The molecule has 0 atom stereocenters. The molecular formula is C13H19NO3. The van der Waals surface area contributed by atoms with Gasteiger partial charge in [-0.05, 0) is 30.5 Å². The molecule has 0 aliphatic rings. The molecule has 1 aromatic rings. The number of rotatable bonds is 6. The third-order valence-corrected chi connectivity index (χ3v) is 2.49. The van der Waals surface area contributed by atoms with Crippen LogP contribution in [0.25, 0.3) is 0 Å². The van der Waals surface area contributed by atoms with Crippen molar-refractivity contribution >= 4 is 11.7 Å². The molecule has 0 aliphatic heterocycles. The van der Waals surface area contributed by atoms with E-state index in [1.54, 1.807) is 0 Å². The lowest BCUT2D eigenvalue weighted by molar-refractivity contribution is -0.140. The summed E-state index contributed by atoms with van der Waals surface area (Å²) in [7, 11) is 1.38. The normalized spacial score (nSPS) is 10.0. The fraction of sp³-hybridized carbons (Fsp3) is 0.462. The van der Waals surface area contributed by atoms with E-state index in [-0.39, 0.29) is 5.97 Å². The predicted octanol–water partition coefficient (Wildman–Crippen LogP) is 2.16. The van der Waals surface area contributed by atoms with Gasteiger partial charge in [-0.25, -0.2) is 0 Å². The molecule has 0 unspecified atom stereocenters. The Morgan fingerprint density at radius 1 is 1.41 bits per heavy atom. The summed E-state index contributed by atoms with van der Waals surface area (Å²) in [5.74, 6) is 0.454. The Labute approximate surface area is 102 Å². The van der Waals surface area contributed by atoms with Crippen molar-refractivity contribution in [2.45, 2.75) is 26.2 Å². The standard InChI is InChI=1S/C13H19NO3/c1-3-10-6-7-12(11(14)9-10)17-8-4-5-13(15)16-2/h6-7,9H,3-5,8,14H2,1-2H3. The molecule has 0 spiro atoms. The van der Waals surface area contributed by atoms with E-state index in [1.165, 1.54) is 12.7 Å². The summed E-state index contributed by atoms with van der Waals surface area (Å²) < 4.78 is 10.0. The monoisotopic (exact) mass is 237 g/mol. The van der Waals surface area contributed by atoms with Gasteiger partial charge in [-0.1, -0.05) is 13.0 Å². The number of hydrogen-bond acceptors (Lipinski definition) is 4. The molecule has 0 saturated carbocycles. The van der Waals surface area contributed by atoms with E-state index >= 15 is 0 Å². The molecule has 4 nitrogen and oxygen atoms in total. The van der Waals surface area contributed by atoms with Crippen LogP contribution in [0.5, 0.6) is 5.75 Å². The molecule has 4 heteroatoms. The molecule has 1 rings (SSSR count). The molecule has 0 fully saturated rings. The summed E-state index contributed by atoms with van der Waals surface area (Å²) in [6.45, 7) is 2.54. The summed E-state index contributed by atoms with van der Waals surface area (Å²) in [5, 5.41) is 0. The van der Waals surface area contributed by atoms with E-state index in [1.807, 2.05) is 18.2 Å². The number of nitrogen functional groups attached to an aromatic ring is 1. The van der Waals surface area contributed by atoms with Gasteiger partial charge in [0, 0.05) is 6.42 Å². The number of methoxy groups -OCH3 is 1. The Kier molecular flexibility index (Phi) is 5.33. The van der Waals surface area contributed by atoms with Gasteiger partial charge >= 0.3 is 5.97 Å². The van der Waals surface area contributed by atoms with Crippen LogP contribution in [0.1, 0.15) is 25.3 Å². The minimum absolute atomic E-state index is 0.220. The Hall–Kier alpha value is -1.71. The Morgan fingerprint density at radius 2 is 2.18 bits per heavy atom. The maximum atomic E-state index is 10.9. The van der Waals surface area contributed by atoms with Gasteiger partial charge in [0.1, 0.15) is 5.75 Å². The van der Waals surface area contributed by atoms with Crippen LogP contribution >= 0.6 is 0 Å². The highest BCUT2D eigenvalue weighted by Crippen LogP contribution is 2.22. The lowest BCUT2D eigenvalue weighted by atomic mass is 10.1. The number of aryl methyl sites for hydroxylation is 1. The van der Waals surface area contributed by atoms with E-state index in [4.69, 9.17) is 10.5 Å². The van der Waals surface area contributed by atoms with Gasteiger partial charge in [0.25, 0.3) is 0 Å². The van der Waals surface area contributed by atoms with Crippen LogP contribution in [0.15, 0.2) is 18.2 Å². The first-order valence-corrected chi connectivity index (χ1v) is 5.75. The third-order valence-electron chi connectivity index (χ3n) is 2.49. The topological polar surface area (TPSA) is 61.5 Å². The van der Waals surface area contributed by atoms with Gasteiger partial charge < -0.3 is 15.2 Å². The van der Waals surface area contributed by atoms with Crippen molar-refractivity contribution in [2.24, 2.45) is 0 Å². The van der Waals surface area contributed by atoms with Gasteiger partial charge in [-0.3, -0.25) is 4.79 Å². The largest absolute Gasteiger partial charge is 0.491 e. The number of hydrogen-bond donors (Lipinski definition) is 1. The lowest BCUT2D eigenvalue weighted by Crippen LogP contribution is -2.05. The molecule has 0 radical (unpaired) electrons. The molecule has 17 heavy (non-hydrogen) atoms. The summed E-state index contributed by atoms with van der Waals surface area (Å²) in [6.07, 6.45) is 1.94. The molecule has 0 bridgehead atoms. The van der Waals surface area contributed by atoms with Crippen molar-refractivity contribution in [3.8, 4) is 5.75 Å².